The molecule has 1 amide bonds. The molecule has 1 saturated heterocycles. The van der Waals surface area contributed by atoms with Crippen LogP contribution in [0.4, 0.5) is 0 Å². The molecule has 1 heterocycles. The maximum Gasteiger partial charge on any atom is 0.222 e. The Morgan fingerprint density at radius 2 is 2.56 bits per heavy atom. The van der Waals surface area contributed by atoms with Crippen molar-refractivity contribution < 1.29 is 9.53 Å². The first-order valence-electron chi connectivity index (χ1n) is 3.12. The molecule has 1 aliphatic heterocycles. The lowest BCUT2D eigenvalue weighted by molar-refractivity contribution is -0.125. The van der Waals surface area contributed by atoms with Gasteiger partial charge in [0.25, 0.3) is 0 Å². The number of nitrogens with one attached hydrogen (secondary N) is 1. The highest BCUT2D eigenvalue weighted by molar-refractivity contribution is 5.77. The van der Waals surface area contributed by atoms with Gasteiger partial charge >= 0.3 is 0 Å². The Balaban J connectivity index is 2.32. The van der Waals surface area contributed by atoms with Crippen LogP contribution in [0.2, 0.25) is 0 Å². The summed E-state index contributed by atoms with van der Waals surface area (Å²) >= 11 is 0. The van der Waals surface area contributed by atoms with Crippen molar-refractivity contribution in [2.24, 2.45) is 0 Å². The van der Waals surface area contributed by atoms with E-state index in [1.165, 1.54) is 0 Å². The minimum atomic E-state index is 0.105. The quantitative estimate of drug-likeness (QED) is 0.537. The molecule has 52 valence electrons. The van der Waals surface area contributed by atoms with Crippen molar-refractivity contribution in [3.63, 3.8) is 0 Å². The van der Waals surface area contributed by atoms with Gasteiger partial charge in [-0.15, -0.1) is 0 Å². The number of rotatable bonds is 1. The summed E-state index contributed by atoms with van der Waals surface area (Å²) < 4.78 is 5.00. The van der Waals surface area contributed by atoms with Crippen molar-refractivity contribution in [2.45, 2.75) is 18.9 Å². The third-order valence-electron chi connectivity index (χ3n) is 1.53. The molecule has 1 N–H and O–H groups in total. The fourth-order valence-corrected chi connectivity index (χ4v) is 0.955. The molecule has 0 unspecified atom stereocenters. The lowest BCUT2D eigenvalue weighted by atomic mass is 10.1. The molecule has 1 atom stereocenters. The predicted molar refractivity (Wildman–Crippen MR) is 33.0 cm³/mol. The Hall–Kier alpha value is -0.570. The zero-order valence-corrected chi connectivity index (χ0v) is 5.52. The highest BCUT2D eigenvalue weighted by atomic mass is 16.5. The van der Waals surface area contributed by atoms with Gasteiger partial charge in [0.1, 0.15) is 0 Å². The lowest BCUT2D eigenvalue weighted by Gasteiger charge is -2.19. The highest BCUT2D eigenvalue weighted by Gasteiger charge is 2.17. The Kier molecular flexibility index (Phi) is 2.05. The van der Waals surface area contributed by atoms with Crippen LogP contribution in [0.1, 0.15) is 12.8 Å². The number of ether oxygens (including phenoxy) is 1. The van der Waals surface area contributed by atoms with Crippen molar-refractivity contribution in [1.82, 2.24) is 5.32 Å². The van der Waals surface area contributed by atoms with Gasteiger partial charge in [0.15, 0.2) is 0 Å². The van der Waals surface area contributed by atoms with Gasteiger partial charge in [-0.1, -0.05) is 0 Å². The van der Waals surface area contributed by atoms with E-state index in [0.717, 1.165) is 13.0 Å². The van der Waals surface area contributed by atoms with E-state index in [4.69, 9.17) is 4.74 Å². The van der Waals surface area contributed by atoms with Crippen molar-refractivity contribution >= 4 is 5.91 Å². The summed E-state index contributed by atoms with van der Waals surface area (Å²) in [5.74, 6) is 0.105. The van der Waals surface area contributed by atoms with Crippen molar-refractivity contribution in [1.29, 1.82) is 0 Å². The molecule has 0 aromatic heterocycles. The van der Waals surface area contributed by atoms with Gasteiger partial charge in [0, 0.05) is 13.7 Å². The van der Waals surface area contributed by atoms with Crippen LogP contribution in [-0.4, -0.2) is 25.7 Å². The number of amides is 1. The van der Waals surface area contributed by atoms with Crippen LogP contribution in [0.5, 0.6) is 0 Å². The van der Waals surface area contributed by atoms with Crippen molar-refractivity contribution in [3.05, 3.63) is 0 Å². The number of hydrogen-bond acceptors (Lipinski definition) is 2. The maximum atomic E-state index is 10.6. The summed E-state index contributed by atoms with van der Waals surface area (Å²) in [6, 6.07) is 0. The average molecular weight is 129 g/mol. The fourth-order valence-electron chi connectivity index (χ4n) is 0.955. The van der Waals surface area contributed by atoms with Crippen LogP contribution in [0.3, 0.4) is 0 Å². The third-order valence-corrected chi connectivity index (χ3v) is 1.53. The smallest absolute Gasteiger partial charge is 0.222 e. The summed E-state index contributed by atoms with van der Waals surface area (Å²) in [6.07, 6.45) is 1.62. The van der Waals surface area contributed by atoms with Crippen LogP contribution in [0.25, 0.3) is 0 Å². The number of piperidine rings is 1. The molecular formula is C6H11NO2. The molecule has 1 fully saturated rings. The minimum absolute atomic E-state index is 0.105. The molecule has 0 bridgehead atoms. The summed E-state index contributed by atoms with van der Waals surface area (Å²) in [5.41, 5.74) is 0. The number of hydrogen-bond donors (Lipinski definition) is 1. The molecule has 3 nitrogen and oxygen atoms in total. The molecule has 0 aliphatic carbocycles. The Bertz CT molecular complexity index is 114. The largest absolute Gasteiger partial charge is 0.381 e. The SMILES string of the molecule is CO[C@@H]1CCNC(=O)C1. The highest BCUT2D eigenvalue weighted by Crippen LogP contribution is 2.05. The Morgan fingerprint density at radius 1 is 1.78 bits per heavy atom. The zero-order valence-electron chi connectivity index (χ0n) is 5.52. The molecule has 0 aromatic carbocycles. The minimum Gasteiger partial charge on any atom is -0.381 e. The van der Waals surface area contributed by atoms with Gasteiger partial charge in [-0.3, -0.25) is 4.79 Å². The van der Waals surface area contributed by atoms with Gasteiger partial charge in [0.05, 0.1) is 12.5 Å². The van der Waals surface area contributed by atoms with Crippen LogP contribution in [0.15, 0.2) is 0 Å². The summed E-state index contributed by atoms with van der Waals surface area (Å²) in [6.45, 7) is 0.761. The number of methoxy groups -OCH3 is 1. The molecule has 0 spiro atoms. The van der Waals surface area contributed by atoms with Crippen LogP contribution in [0, 0.1) is 0 Å². The molecule has 9 heavy (non-hydrogen) atoms. The van der Waals surface area contributed by atoms with Crippen molar-refractivity contribution in [2.75, 3.05) is 13.7 Å². The summed E-state index contributed by atoms with van der Waals surface area (Å²) in [4.78, 5) is 10.6. The van der Waals surface area contributed by atoms with Crippen LogP contribution in [-0.2, 0) is 9.53 Å². The molecule has 1 rings (SSSR count). The molecule has 0 radical (unpaired) electrons. The van der Waals surface area contributed by atoms with Gasteiger partial charge < -0.3 is 10.1 Å². The average Bonchev–Trinajstić information content (AvgIpc) is 1.88. The van der Waals surface area contributed by atoms with E-state index in [-0.39, 0.29) is 12.0 Å². The molecule has 0 saturated carbocycles. The molecule has 1 aliphatic rings. The lowest BCUT2D eigenvalue weighted by Crippen LogP contribution is -2.36. The normalized spacial score (nSPS) is 27.7. The molecule has 0 aromatic rings. The first-order valence-corrected chi connectivity index (χ1v) is 3.12. The van der Waals surface area contributed by atoms with E-state index in [0.29, 0.717) is 6.42 Å². The monoisotopic (exact) mass is 129 g/mol. The second kappa shape index (κ2) is 2.82. The Morgan fingerprint density at radius 3 is 3.00 bits per heavy atom. The topological polar surface area (TPSA) is 38.3 Å². The van der Waals surface area contributed by atoms with E-state index >= 15 is 0 Å². The number of carbonyl (C=O) groups is 1. The fraction of sp³-hybridized carbons (Fsp3) is 0.833. The van der Waals surface area contributed by atoms with E-state index in [2.05, 4.69) is 5.32 Å². The first kappa shape index (κ1) is 6.55. The number of carbonyl (C=O) groups excluding carboxylic acids is 1. The van der Waals surface area contributed by atoms with Crippen LogP contribution < -0.4 is 5.32 Å². The van der Waals surface area contributed by atoms with E-state index < -0.39 is 0 Å². The van der Waals surface area contributed by atoms with E-state index in [1.807, 2.05) is 0 Å². The standard InChI is InChI=1S/C6H11NO2/c1-9-5-2-3-7-6(8)4-5/h5H,2-4H2,1H3,(H,7,8)/t5-/m1/s1. The van der Waals surface area contributed by atoms with Gasteiger partial charge in [-0.05, 0) is 6.42 Å². The predicted octanol–water partition coefficient (Wildman–Crippen LogP) is -0.0886. The van der Waals surface area contributed by atoms with E-state index in [1.54, 1.807) is 7.11 Å². The van der Waals surface area contributed by atoms with Gasteiger partial charge in [-0.2, -0.15) is 0 Å². The van der Waals surface area contributed by atoms with Gasteiger partial charge in [-0.25, -0.2) is 0 Å². The second-order valence-electron chi connectivity index (χ2n) is 2.20. The van der Waals surface area contributed by atoms with Crippen LogP contribution >= 0.6 is 0 Å². The van der Waals surface area contributed by atoms with E-state index in [9.17, 15) is 4.79 Å². The van der Waals surface area contributed by atoms with Gasteiger partial charge in [0.2, 0.25) is 5.91 Å². The third kappa shape index (κ3) is 1.68. The summed E-state index contributed by atoms with van der Waals surface area (Å²) in [7, 11) is 1.64. The Labute approximate surface area is 54.4 Å². The second-order valence-corrected chi connectivity index (χ2v) is 2.20. The molecule has 3 heteroatoms. The van der Waals surface area contributed by atoms with Crippen molar-refractivity contribution in [3.8, 4) is 0 Å². The molecular weight excluding hydrogens is 118 g/mol. The zero-order chi connectivity index (χ0) is 6.69. The maximum absolute atomic E-state index is 10.6. The summed E-state index contributed by atoms with van der Waals surface area (Å²) in [5, 5.41) is 2.73. The first-order chi connectivity index (χ1) is 4.33.